The zero-order valence-corrected chi connectivity index (χ0v) is 13.6. The van der Waals surface area contributed by atoms with Gasteiger partial charge in [-0.05, 0) is 66.1 Å². The Morgan fingerprint density at radius 2 is 2.16 bits per heavy atom. The zero-order valence-electron chi connectivity index (χ0n) is 13.6. The molecule has 1 N–H and O–H groups in total. The van der Waals surface area contributed by atoms with Crippen molar-refractivity contribution in [3.8, 4) is 0 Å². The first-order valence-corrected chi connectivity index (χ1v) is 8.01. The molecule has 0 spiro atoms. The number of aryl methyl sites for hydroxylation is 1. The Morgan fingerprint density at radius 3 is 3.00 bits per heavy atom. The Kier molecular flexibility index (Phi) is 3.75. The molecule has 3 aromatic rings. The molecule has 1 atom stereocenters. The summed E-state index contributed by atoms with van der Waals surface area (Å²) in [6, 6.07) is 7.52. The number of hydrogen-bond acceptors (Lipinski definition) is 6. The van der Waals surface area contributed by atoms with Crippen LogP contribution >= 0.6 is 0 Å². The summed E-state index contributed by atoms with van der Waals surface area (Å²) < 4.78 is 14.6. The molecular weight excluding hydrogens is 325 g/mol. The molecule has 1 amide bonds. The van der Waals surface area contributed by atoms with E-state index < -0.39 is 6.04 Å². The Hall–Kier alpha value is -3.10. The van der Waals surface area contributed by atoms with Crippen LogP contribution in [-0.2, 0) is 4.79 Å². The summed E-state index contributed by atoms with van der Waals surface area (Å²) in [5.74, 6) is 0.162. The second kappa shape index (κ2) is 6.08. The molecule has 1 saturated heterocycles. The normalized spacial score (nSPS) is 17.9. The van der Waals surface area contributed by atoms with Crippen LogP contribution in [0.5, 0.6) is 0 Å². The van der Waals surface area contributed by atoms with E-state index in [0.717, 1.165) is 17.7 Å². The van der Waals surface area contributed by atoms with Crippen molar-refractivity contribution in [1.82, 2.24) is 25.3 Å². The molecule has 8 nitrogen and oxygen atoms in total. The van der Waals surface area contributed by atoms with Crippen LogP contribution in [0.25, 0.3) is 5.65 Å². The molecule has 3 heterocycles. The van der Waals surface area contributed by atoms with Gasteiger partial charge in [0.05, 0.1) is 0 Å². The van der Waals surface area contributed by atoms with E-state index in [1.54, 1.807) is 30.0 Å². The molecular formula is C16H16FN7O. The molecule has 0 radical (unpaired) electrons. The largest absolute Gasteiger partial charge is 0.357 e. The number of rotatable bonds is 3. The van der Waals surface area contributed by atoms with Crippen LogP contribution in [0.2, 0.25) is 0 Å². The maximum absolute atomic E-state index is 13.3. The highest BCUT2D eigenvalue weighted by atomic mass is 19.1. The van der Waals surface area contributed by atoms with E-state index in [2.05, 4.69) is 25.9 Å². The van der Waals surface area contributed by atoms with E-state index in [1.165, 1.54) is 16.8 Å². The third-order valence-corrected chi connectivity index (χ3v) is 4.28. The van der Waals surface area contributed by atoms with Gasteiger partial charge in [0.25, 0.3) is 0 Å². The number of nitrogens with zero attached hydrogens (tertiary/aromatic N) is 6. The molecule has 25 heavy (non-hydrogen) atoms. The lowest BCUT2D eigenvalue weighted by atomic mass is 10.0. The summed E-state index contributed by atoms with van der Waals surface area (Å²) >= 11 is 0. The van der Waals surface area contributed by atoms with Crippen molar-refractivity contribution < 1.29 is 9.18 Å². The molecule has 0 unspecified atom stereocenters. The Bertz CT molecular complexity index is 941. The molecule has 128 valence electrons. The van der Waals surface area contributed by atoms with Crippen LogP contribution in [0, 0.1) is 12.7 Å². The highest BCUT2D eigenvalue weighted by molar-refractivity contribution is 5.99. The van der Waals surface area contributed by atoms with Crippen molar-refractivity contribution in [3.63, 3.8) is 0 Å². The van der Waals surface area contributed by atoms with Crippen LogP contribution in [0.1, 0.15) is 18.4 Å². The lowest BCUT2D eigenvalue weighted by Gasteiger charge is -2.33. The number of amides is 1. The van der Waals surface area contributed by atoms with Crippen molar-refractivity contribution in [2.75, 3.05) is 16.8 Å². The van der Waals surface area contributed by atoms with E-state index in [-0.39, 0.29) is 11.7 Å². The first-order chi connectivity index (χ1) is 12.1. The maximum Gasteiger partial charge on any atom is 0.249 e. The molecule has 4 rings (SSSR count). The number of aromatic nitrogens is 5. The molecule has 2 aromatic heterocycles. The summed E-state index contributed by atoms with van der Waals surface area (Å²) in [7, 11) is 0. The summed E-state index contributed by atoms with van der Waals surface area (Å²) in [6.45, 7) is 2.42. The van der Waals surface area contributed by atoms with Gasteiger partial charge in [0.15, 0.2) is 5.65 Å². The van der Waals surface area contributed by atoms with Crippen LogP contribution in [0.15, 0.2) is 30.3 Å². The van der Waals surface area contributed by atoms with Gasteiger partial charge in [-0.3, -0.25) is 4.79 Å². The van der Waals surface area contributed by atoms with E-state index in [1.807, 2.05) is 0 Å². The van der Waals surface area contributed by atoms with Gasteiger partial charge in [-0.1, -0.05) is 0 Å². The molecule has 1 aliphatic rings. The first kappa shape index (κ1) is 15.4. The number of tetrazole rings is 1. The second-order valence-electron chi connectivity index (χ2n) is 6.00. The number of anilines is 2. The smallest absolute Gasteiger partial charge is 0.249 e. The fourth-order valence-corrected chi connectivity index (χ4v) is 3.08. The monoisotopic (exact) mass is 341 g/mol. The fraction of sp³-hybridized carbons (Fsp3) is 0.312. The fourth-order valence-electron chi connectivity index (χ4n) is 3.08. The van der Waals surface area contributed by atoms with Gasteiger partial charge in [0, 0.05) is 12.2 Å². The lowest BCUT2D eigenvalue weighted by Crippen LogP contribution is -2.48. The van der Waals surface area contributed by atoms with Crippen molar-refractivity contribution in [1.29, 1.82) is 0 Å². The number of nitrogens with one attached hydrogen (secondary N) is 1. The third kappa shape index (κ3) is 2.88. The number of carbonyl (C=O) groups excluding carboxylic acids is 1. The minimum Gasteiger partial charge on any atom is -0.357 e. The molecule has 1 fully saturated rings. The molecule has 0 saturated carbocycles. The number of benzene rings is 1. The molecule has 0 bridgehead atoms. The van der Waals surface area contributed by atoms with Gasteiger partial charge in [0.2, 0.25) is 5.91 Å². The van der Waals surface area contributed by atoms with E-state index in [9.17, 15) is 9.18 Å². The van der Waals surface area contributed by atoms with Crippen LogP contribution < -0.4 is 10.2 Å². The maximum atomic E-state index is 13.3. The predicted octanol–water partition coefficient (Wildman–Crippen LogP) is 1.57. The van der Waals surface area contributed by atoms with Crippen LogP contribution in [0.4, 0.5) is 15.9 Å². The summed E-state index contributed by atoms with van der Waals surface area (Å²) in [5, 5.41) is 18.5. The highest BCUT2D eigenvalue weighted by Crippen LogP contribution is 2.26. The number of hydrogen-bond donors (Lipinski definition) is 1. The Morgan fingerprint density at radius 1 is 1.28 bits per heavy atom. The average Bonchev–Trinajstić information content (AvgIpc) is 3.05. The van der Waals surface area contributed by atoms with Crippen molar-refractivity contribution in [2.45, 2.75) is 25.8 Å². The number of carbonyl (C=O) groups is 1. The molecule has 0 aliphatic carbocycles. The zero-order chi connectivity index (χ0) is 17.4. The summed E-state index contributed by atoms with van der Waals surface area (Å²) in [5.41, 5.74) is 2.01. The van der Waals surface area contributed by atoms with Crippen LogP contribution in [0.3, 0.4) is 0 Å². The molecule has 9 heteroatoms. The van der Waals surface area contributed by atoms with Gasteiger partial charge in [-0.2, -0.15) is 0 Å². The van der Waals surface area contributed by atoms with Crippen molar-refractivity contribution in [2.24, 2.45) is 0 Å². The number of halogens is 1. The van der Waals surface area contributed by atoms with E-state index in [0.29, 0.717) is 24.4 Å². The standard InChI is InChI=1S/C16H16FN7O/c1-10-9-11(17)4-5-13(10)23-8-2-3-12(16(23)25)18-14-6-7-15-19-21-22-24(15)20-14/h4-7,9,12H,2-3,8H2,1H3,(H,18,20)/t12-/m0/s1. The van der Waals surface area contributed by atoms with Gasteiger partial charge in [-0.25, -0.2) is 4.39 Å². The van der Waals surface area contributed by atoms with Gasteiger partial charge < -0.3 is 10.2 Å². The topological polar surface area (TPSA) is 88.3 Å². The first-order valence-electron chi connectivity index (χ1n) is 8.01. The van der Waals surface area contributed by atoms with E-state index in [4.69, 9.17) is 0 Å². The average molecular weight is 341 g/mol. The van der Waals surface area contributed by atoms with Crippen molar-refractivity contribution in [3.05, 3.63) is 41.7 Å². The van der Waals surface area contributed by atoms with E-state index >= 15 is 0 Å². The number of fused-ring (bicyclic) bond motifs is 1. The Balaban J connectivity index is 1.57. The highest BCUT2D eigenvalue weighted by Gasteiger charge is 2.30. The molecule has 1 aliphatic heterocycles. The van der Waals surface area contributed by atoms with Crippen molar-refractivity contribution >= 4 is 23.1 Å². The van der Waals surface area contributed by atoms with Gasteiger partial charge in [-0.15, -0.1) is 14.8 Å². The quantitative estimate of drug-likeness (QED) is 0.778. The summed E-state index contributed by atoms with van der Waals surface area (Å²) in [6.07, 6.45) is 1.54. The molecule has 1 aromatic carbocycles. The minimum absolute atomic E-state index is 0.0560. The SMILES string of the molecule is Cc1cc(F)ccc1N1CCC[C@H](Nc2ccc3nnnn3n2)C1=O. The predicted molar refractivity (Wildman–Crippen MR) is 88.7 cm³/mol. The van der Waals surface area contributed by atoms with Crippen LogP contribution in [-0.4, -0.2) is 43.7 Å². The number of piperidine rings is 1. The second-order valence-corrected chi connectivity index (χ2v) is 6.00. The Labute approximate surface area is 142 Å². The minimum atomic E-state index is -0.403. The van der Waals surface area contributed by atoms with Gasteiger partial charge >= 0.3 is 0 Å². The lowest BCUT2D eigenvalue weighted by molar-refractivity contribution is -0.120. The van der Waals surface area contributed by atoms with Gasteiger partial charge in [0.1, 0.15) is 17.7 Å². The third-order valence-electron chi connectivity index (χ3n) is 4.28. The summed E-state index contributed by atoms with van der Waals surface area (Å²) in [4.78, 5) is 14.6.